The van der Waals surface area contributed by atoms with Crippen molar-refractivity contribution in [2.75, 3.05) is 0 Å². The molecule has 0 radical (unpaired) electrons. The molecule has 0 saturated heterocycles. The molecule has 2 heteroatoms. The molecule has 0 aromatic heterocycles. The Hall–Kier alpha value is -0.890. The van der Waals surface area contributed by atoms with E-state index in [4.69, 9.17) is 5.73 Å². The Kier molecular flexibility index (Phi) is 2.08. The average molecular weight is 179 g/mol. The first-order valence-corrected chi connectivity index (χ1v) is 4.67. The average Bonchev–Trinajstić information content (AvgIpc) is 2.12. The van der Waals surface area contributed by atoms with Gasteiger partial charge in [0.2, 0.25) is 0 Å². The van der Waals surface area contributed by atoms with Gasteiger partial charge < -0.3 is 5.73 Å². The zero-order valence-corrected chi connectivity index (χ0v) is 7.76. The monoisotopic (exact) mass is 179 g/mol. The van der Waals surface area contributed by atoms with Crippen LogP contribution in [0.15, 0.2) is 18.2 Å². The topological polar surface area (TPSA) is 26.0 Å². The highest BCUT2D eigenvalue weighted by Crippen LogP contribution is 2.30. The van der Waals surface area contributed by atoms with Gasteiger partial charge in [-0.05, 0) is 30.9 Å². The minimum Gasteiger partial charge on any atom is -0.322 e. The van der Waals surface area contributed by atoms with Gasteiger partial charge in [0, 0.05) is 0 Å². The fraction of sp³-hybridized carbons (Fsp3) is 0.455. The van der Waals surface area contributed by atoms with Gasteiger partial charge in [-0.3, -0.25) is 0 Å². The van der Waals surface area contributed by atoms with Crippen molar-refractivity contribution >= 4 is 0 Å². The maximum absolute atomic E-state index is 13.3. The van der Waals surface area contributed by atoms with Crippen molar-refractivity contribution in [3.8, 4) is 0 Å². The first kappa shape index (κ1) is 8.70. The predicted octanol–water partition coefficient (Wildman–Crippen LogP) is 2.28. The second kappa shape index (κ2) is 3.11. The van der Waals surface area contributed by atoms with E-state index in [-0.39, 0.29) is 0 Å². The molecular weight excluding hydrogens is 165 g/mol. The van der Waals surface area contributed by atoms with Gasteiger partial charge in [0.25, 0.3) is 0 Å². The van der Waals surface area contributed by atoms with Crippen LogP contribution in [0.3, 0.4) is 0 Å². The highest BCUT2D eigenvalue weighted by Gasteiger charge is 2.25. The van der Waals surface area contributed by atoms with Gasteiger partial charge in [0.1, 0.15) is 6.17 Å². The maximum Gasteiger partial charge on any atom is 0.120 e. The van der Waals surface area contributed by atoms with Crippen molar-refractivity contribution in [1.82, 2.24) is 0 Å². The standard InChI is InChI=1S/C11H14FN/c1-7-2-3-8-4-5-10(12)11(13)9(8)6-7/h2-3,6,10-11H,4-5,13H2,1H3/t10-,11-/m0/s1. The predicted molar refractivity (Wildman–Crippen MR) is 51.3 cm³/mol. The van der Waals surface area contributed by atoms with E-state index in [1.807, 2.05) is 13.0 Å². The SMILES string of the molecule is Cc1ccc2c(c1)[C@H](N)[C@@H](F)CC2. The van der Waals surface area contributed by atoms with E-state index in [0.717, 1.165) is 17.5 Å². The number of rotatable bonds is 0. The van der Waals surface area contributed by atoms with E-state index in [1.54, 1.807) is 0 Å². The Morgan fingerprint density at radius 1 is 1.46 bits per heavy atom. The van der Waals surface area contributed by atoms with Crippen molar-refractivity contribution in [2.24, 2.45) is 5.73 Å². The van der Waals surface area contributed by atoms with E-state index in [9.17, 15) is 4.39 Å². The lowest BCUT2D eigenvalue weighted by Gasteiger charge is -2.25. The van der Waals surface area contributed by atoms with Gasteiger partial charge in [-0.25, -0.2) is 4.39 Å². The first-order valence-electron chi connectivity index (χ1n) is 4.67. The minimum atomic E-state index is -0.866. The third-order valence-electron chi connectivity index (χ3n) is 2.74. The fourth-order valence-corrected chi connectivity index (χ4v) is 1.92. The Labute approximate surface area is 77.8 Å². The third-order valence-corrected chi connectivity index (χ3v) is 2.74. The molecule has 0 amide bonds. The number of fused-ring (bicyclic) bond motifs is 1. The van der Waals surface area contributed by atoms with Crippen LogP contribution in [0.25, 0.3) is 0 Å². The van der Waals surface area contributed by atoms with Crippen molar-refractivity contribution in [1.29, 1.82) is 0 Å². The third kappa shape index (κ3) is 1.46. The second-order valence-corrected chi connectivity index (χ2v) is 3.78. The van der Waals surface area contributed by atoms with E-state index in [2.05, 4.69) is 12.1 Å². The number of halogens is 1. The summed E-state index contributed by atoms with van der Waals surface area (Å²) in [5.41, 5.74) is 9.15. The van der Waals surface area contributed by atoms with Crippen LogP contribution >= 0.6 is 0 Å². The zero-order chi connectivity index (χ0) is 9.42. The summed E-state index contributed by atoms with van der Waals surface area (Å²) in [5.74, 6) is 0. The Bertz CT molecular complexity index is 322. The lowest BCUT2D eigenvalue weighted by molar-refractivity contribution is 0.255. The number of benzene rings is 1. The molecule has 1 aromatic carbocycles. The van der Waals surface area contributed by atoms with Gasteiger partial charge in [-0.1, -0.05) is 23.8 Å². The van der Waals surface area contributed by atoms with Crippen LogP contribution in [0.2, 0.25) is 0 Å². The van der Waals surface area contributed by atoms with E-state index >= 15 is 0 Å². The summed E-state index contributed by atoms with van der Waals surface area (Å²) in [5, 5.41) is 0. The number of hydrogen-bond acceptors (Lipinski definition) is 1. The molecule has 0 spiro atoms. The first-order chi connectivity index (χ1) is 6.18. The summed E-state index contributed by atoms with van der Waals surface area (Å²) >= 11 is 0. The lowest BCUT2D eigenvalue weighted by atomic mass is 9.86. The van der Waals surface area contributed by atoms with Crippen molar-refractivity contribution < 1.29 is 4.39 Å². The molecule has 1 aliphatic carbocycles. The van der Waals surface area contributed by atoms with Crippen LogP contribution in [0.5, 0.6) is 0 Å². The molecule has 2 rings (SSSR count). The molecule has 0 unspecified atom stereocenters. The Balaban J connectivity index is 2.45. The second-order valence-electron chi connectivity index (χ2n) is 3.78. The largest absolute Gasteiger partial charge is 0.322 e. The molecule has 70 valence electrons. The molecule has 0 aliphatic heterocycles. The van der Waals surface area contributed by atoms with Gasteiger partial charge in [0.05, 0.1) is 6.04 Å². The van der Waals surface area contributed by atoms with Crippen LogP contribution < -0.4 is 5.73 Å². The quantitative estimate of drug-likeness (QED) is 0.649. The molecule has 1 aliphatic rings. The summed E-state index contributed by atoms with van der Waals surface area (Å²) in [6.45, 7) is 2.01. The number of aryl methyl sites for hydroxylation is 2. The zero-order valence-electron chi connectivity index (χ0n) is 7.76. The van der Waals surface area contributed by atoms with E-state index in [1.165, 1.54) is 5.56 Å². The van der Waals surface area contributed by atoms with E-state index < -0.39 is 12.2 Å². The Morgan fingerprint density at radius 3 is 3.00 bits per heavy atom. The van der Waals surface area contributed by atoms with Gasteiger partial charge in [0.15, 0.2) is 0 Å². The molecule has 1 aromatic rings. The highest BCUT2D eigenvalue weighted by atomic mass is 19.1. The lowest BCUT2D eigenvalue weighted by Crippen LogP contribution is -2.28. The number of hydrogen-bond donors (Lipinski definition) is 1. The van der Waals surface area contributed by atoms with Crippen LogP contribution in [0.1, 0.15) is 29.2 Å². The van der Waals surface area contributed by atoms with Gasteiger partial charge in [-0.2, -0.15) is 0 Å². The molecular formula is C11H14FN. The molecule has 1 nitrogen and oxygen atoms in total. The summed E-state index contributed by atoms with van der Waals surface area (Å²) in [6, 6.07) is 5.72. The summed E-state index contributed by atoms with van der Waals surface area (Å²) in [4.78, 5) is 0. The summed E-state index contributed by atoms with van der Waals surface area (Å²) < 4.78 is 13.3. The summed E-state index contributed by atoms with van der Waals surface area (Å²) in [7, 11) is 0. The van der Waals surface area contributed by atoms with Gasteiger partial charge in [-0.15, -0.1) is 0 Å². The molecule has 0 fully saturated rings. The minimum absolute atomic E-state index is 0.413. The highest BCUT2D eigenvalue weighted by molar-refractivity contribution is 5.36. The fourth-order valence-electron chi connectivity index (χ4n) is 1.92. The van der Waals surface area contributed by atoms with Gasteiger partial charge >= 0.3 is 0 Å². The molecule has 0 heterocycles. The summed E-state index contributed by atoms with van der Waals surface area (Å²) in [6.07, 6.45) is 0.524. The van der Waals surface area contributed by atoms with Crippen LogP contribution in [0, 0.1) is 6.92 Å². The number of nitrogens with two attached hydrogens (primary N) is 1. The van der Waals surface area contributed by atoms with Crippen molar-refractivity contribution in [2.45, 2.75) is 32.0 Å². The molecule has 2 N–H and O–H groups in total. The molecule has 2 atom stereocenters. The Morgan fingerprint density at radius 2 is 2.23 bits per heavy atom. The van der Waals surface area contributed by atoms with Crippen LogP contribution in [-0.2, 0) is 6.42 Å². The van der Waals surface area contributed by atoms with E-state index in [0.29, 0.717) is 6.42 Å². The van der Waals surface area contributed by atoms with Crippen molar-refractivity contribution in [3.05, 3.63) is 34.9 Å². The smallest absolute Gasteiger partial charge is 0.120 e. The molecule has 0 saturated carbocycles. The number of alkyl halides is 1. The van der Waals surface area contributed by atoms with Crippen molar-refractivity contribution in [3.63, 3.8) is 0 Å². The molecule has 0 bridgehead atoms. The van der Waals surface area contributed by atoms with Crippen LogP contribution in [0.4, 0.5) is 4.39 Å². The maximum atomic E-state index is 13.3. The molecule has 13 heavy (non-hydrogen) atoms. The normalized spacial score (nSPS) is 27.0. The van der Waals surface area contributed by atoms with Crippen LogP contribution in [-0.4, -0.2) is 6.17 Å².